The van der Waals surface area contributed by atoms with Crippen molar-refractivity contribution >= 4 is 45.7 Å². The second-order valence-corrected chi connectivity index (χ2v) is 8.89. The van der Waals surface area contributed by atoms with Crippen LogP contribution in [0.2, 0.25) is 0 Å². The molecule has 136 valence electrons. The molecule has 2 aliphatic heterocycles. The van der Waals surface area contributed by atoms with Gasteiger partial charge in [-0.1, -0.05) is 6.92 Å². The fourth-order valence-corrected chi connectivity index (χ4v) is 5.07. The molecule has 0 fully saturated rings. The van der Waals surface area contributed by atoms with E-state index in [4.69, 9.17) is 0 Å². The van der Waals surface area contributed by atoms with Crippen molar-refractivity contribution in [2.45, 2.75) is 37.0 Å². The monoisotopic (exact) mass is 388 g/mol. The minimum atomic E-state index is -0.205. The number of benzene rings is 1. The summed E-state index contributed by atoms with van der Waals surface area (Å²) in [6.07, 6.45) is 0.926. The summed E-state index contributed by atoms with van der Waals surface area (Å²) in [5, 5.41) is 6.29. The number of fused-ring (bicyclic) bond motifs is 2. The van der Waals surface area contributed by atoms with E-state index in [9.17, 15) is 9.59 Å². The summed E-state index contributed by atoms with van der Waals surface area (Å²) in [4.78, 5) is 33.6. The molecule has 3 heterocycles. The van der Waals surface area contributed by atoms with Crippen LogP contribution in [0.1, 0.15) is 34.8 Å². The van der Waals surface area contributed by atoms with E-state index in [0.717, 1.165) is 36.6 Å². The number of rotatable bonds is 3. The highest BCUT2D eigenvalue weighted by molar-refractivity contribution is 8.00. The van der Waals surface area contributed by atoms with Crippen molar-refractivity contribution in [3.05, 3.63) is 34.3 Å². The van der Waals surface area contributed by atoms with Gasteiger partial charge in [0.1, 0.15) is 0 Å². The van der Waals surface area contributed by atoms with Gasteiger partial charge in [-0.3, -0.25) is 19.8 Å². The number of hydrogen-bond donors (Lipinski definition) is 2. The van der Waals surface area contributed by atoms with Gasteiger partial charge in [-0.25, -0.2) is 4.98 Å². The van der Waals surface area contributed by atoms with Gasteiger partial charge < -0.3 is 5.32 Å². The van der Waals surface area contributed by atoms with E-state index in [1.807, 2.05) is 13.0 Å². The molecule has 2 N–H and O–H groups in total. The van der Waals surface area contributed by atoms with Gasteiger partial charge in [0.05, 0.1) is 16.6 Å². The Labute approximate surface area is 160 Å². The van der Waals surface area contributed by atoms with Gasteiger partial charge in [0.25, 0.3) is 5.91 Å². The fraction of sp³-hybridized carbons (Fsp3) is 0.389. The fourth-order valence-electron chi connectivity index (χ4n) is 3.09. The third-order valence-electron chi connectivity index (χ3n) is 4.65. The summed E-state index contributed by atoms with van der Waals surface area (Å²) >= 11 is 3.05. The zero-order valence-corrected chi connectivity index (χ0v) is 16.3. The number of carbonyl (C=O) groups is 2. The van der Waals surface area contributed by atoms with E-state index < -0.39 is 0 Å². The molecular weight excluding hydrogens is 368 g/mol. The first-order chi connectivity index (χ1) is 12.5. The minimum absolute atomic E-state index is 0.0341. The zero-order chi connectivity index (χ0) is 18.3. The lowest BCUT2D eigenvalue weighted by Gasteiger charge is -2.23. The van der Waals surface area contributed by atoms with E-state index in [0.29, 0.717) is 16.4 Å². The van der Waals surface area contributed by atoms with Crippen LogP contribution >= 0.6 is 23.1 Å². The molecule has 2 aliphatic rings. The number of nitrogens with one attached hydrogen (secondary N) is 2. The first-order valence-corrected chi connectivity index (χ1v) is 10.4. The lowest BCUT2D eigenvalue weighted by Crippen LogP contribution is -2.29. The van der Waals surface area contributed by atoms with Gasteiger partial charge in [0, 0.05) is 34.8 Å². The van der Waals surface area contributed by atoms with E-state index >= 15 is 0 Å². The Balaban J connectivity index is 1.50. The largest absolute Gasteiger partial charge is 0.324 e. The third-order valence-corrected chi connectivity index (χ3v) is 6.83. The lowest BCUT2D eigenvalue weighted by atomic mass is 10.2. The predicted molar refractivity (Wildman–Crippen MR) is 105 cm³/mol. The molecule has 8 heteroatoms. The third kappa shape index (κ3) is 3.36. The molecular formula is C18H20N4O2S2. The van der Waals surface area contributed by atoms with Crippen LogP contribution in [-0.2, 0) is 17.8 Å². The topological polar surface area (TPSA) is 74.3 Å². The summed E-state index contributed by atoms with van der Waals surface area (Å²) in [5.41, 5.74) is 2.31. The molecule has 0 saturated heterocycles. The summed E-state index contributed by atoms with van der Waals surface area (Å²) in [6.45, 7) is 6.97. The maximum absolute atomic E-state index is 12.6. The van der Waals surface area contributed by atoms with Crippen molar-refractivity contribution in [2.75, 3.05) is 23.7 Å². The molecule has 0 radical (unpaired) electrons. The normalized spacial score (nSPS) is 19.5. The minimum Gasteiger partial charge on any atom is -0.324 e. The van der Waals surface area contributed by atoms with Gasteiger partial charge in [-0.15, -0.1) is 23.1 Å². The number of likely N-dealkylation sites (N-methyl/N-ethyl adjacent to an activating group) is 1. The van der Waals surface area contributed by atoms with Crippen LogP contribution in [0.4, 0.5) is 10.8 Å². The molecule has 0 aliphatic carbocycles. The molecule has 2 aromatic rings. The Hall–Kier alpha value is -1.90. The highest BCUT2D eigenvalue weighted by Gasteiger charge is 2.24. The highest BCUT2D eigenvalue weighted by Crippen LogP contribution is 2.36. The average Bonchev–Trinajstić information content (AvgIpc) is 3.03. The first kappa shape index (κ1) is 17.5. The van der Waals surface area contributed by atoms with E-state index in [2.05, 4.69) is 27.4 Å². The van der Waals surface area contributed by atoms with Gasteiger partial charge in [-0.2, -0.15) is 0 Å². The summed E-state index contributed by atoms with van der Waals surface area (Å²) in [5.74, 6) is -0.239. The number of thiazole rings is 1. The van der Waals surface area contributed by atoms with Crippen LogP contribution in [-0.4, -0.2) is 40.0 Å². The SMILES string of the molecule is CCN1CCc2nc(NC(=O)c3ccc4c(c3)NC(=O)C(C)S4)sc2C1. The second kappa shape index (κ2) is 7.02. The molecule has 6 nitrogen and oxygen atoms in total. The van der Waals surface area contributed by atoms with Crippen LogP contribution in [0, 0.1) is 0 Å². The Morgan fingerprint density at radius 3 is 3.12 bits per heavy atom. The molecule has 4 rings (SSSR count). The van der Waals surface area contributed by atoms with E-state index in [1.165, 1.54) is 16.6 Å². The highest BCUT2D eigenvalue weighted by atomic mass is 32.2. The summed E-state index contributed by atoms with van der Waals surface area (Å²) in [6, 6.07) is 5.41. The average molecular weight is 389 g/mol. The molecule has 1 atom stereocenters. The first-order valence-electron chi connectivity index (χ1n) is 8.67. The number of carbonyl (C=O) groups excluding carboxylic acids is 2. The van der Waals surface area contributed by atoms with Crippen LogP contribution in [0.25, 0.3) is 0 Å². The van der Waals surface area contributed by atoms with Crippen LogP contribution < -0.4 is 10.6 Å². The van der Waals surface area contributed by atoms with Crippen LogP contribution in [0.3, 0.4) is 0 Å². The van der Waals surface area contributed by atoms with Gasteiger partial charge in [-0.05, 0) is 31.7 Å². The van der Waals surface area contributed by atoms with Crippen molar-refractivity contribution in [1.82, 2.24) is 9.88 Å². The number of amides is 2. The molecule has 1 aromatic carbocycles. The maximum Gasteiger partial charge on any atom is 0.257 e. The van der Waals surface area contributed by atoms with Crippen molar-refractivity contribution in [2.24, 2.45) is 0 Å². The van der Waals surface area contributed by atoms with Crippen LogP contribution in [0.15, 0.2) is 23.1 Å². The maximum atomic E-state index is 12.6. The predicted octanol–water partition coefficient (Wildman–Crippen LogP) is 3.21. The number of hydrogen-bond acceptors (Lipinski definition) is 6. The lowest BCUT2D eigenvalue weighted by molar-refractivity contribution is -0.115. The number of thioether (sulfide) groups is 1. The Morgan fingerprint density at radius 1 is 1.46 bits per heavy atom. The van der Waals surface area contributed by atoms with Crippen LogP contribution in [0.5, 0.6) is 0 Å². The second-order valence-electron chi connectivity index (χ2n) is 6.42. The molecule has 2 amide bonds. The molecule has 0 saturated carbocycles. The molecule has 0 spiro atoms. The number of aromatic nitrogens is 1. The van der Waals surface area contributed by atoms with Gasteiger partial charge >= 0.3 is 0 Å². The zero-order valence-electron chi connectivity index (χ0n) is 14.7. The quantitative estimate of drug-likeness (QED) is 0.845. The summed E-state index contributed by atoms with van der Waals surface area (Å²) < 4.78 is 0. The van der Waals surface area contributed by atoms with Crippen molar-refractivity contribution in [3.8, 4) is 0 Å². The number of anilines is 2. The Kier molecular flexibility index (Phi) is 4.73. The Bertz CT molecular complexity index is 880. The van der Waals surface area contributed by atoms with Crippen molar-refractivity contribution in [3.63, 3.8) is 0 Å². The molecule has 1 aromatic heterocycles. The summed E-state index contributed by atoms with van der Waals surface area (Å²) in [7, 11) is 0. The van der Waals surface area contributed by atoms with E-state index in [1.54, 1.807) is 23.5 Å². The molecule has 1 unspecified atom stereocenters. The van der Waals surface area contributed by atoms with E-state index in [-0.39, 0.29) is 17.1 Å². The Morgan fingerprint density at radius 2 is 2.31 bits per heavy atom. The standard InChI is InChI=1S/C18H20N4O2S2/c1-3-22-7-6-12-15(9-22)26-18(20-12)21-17(24)11-4-5-14-13(8-11)19-16(23)10(2)25-14/h4-5,8,10H,3,6-7,9H2,1-2H3,(H,19,23)(H,20,21,24). The smallest absolute Gasteiger partial charge is 0.257 e. The molecule has 0 bridgehead atoms. The molecule has 26 heavy (non-hydrogen) atoms. The van der Waals surface area contributed by atoms with Crippen molar-refractivity contribution < 1.29 is 9.59 Å². The van der Waals surface area contributed by atoms with Crippen molar-refractivity contribution in [1.29, 1.82) is 0 Å². The van der Waals surface area contributed by atoms with Gasteiger partial charge in [0.2, 0.25) is 5.91 Å². The van der Waals surface area contributed by atoms with Gasteiger partial charge in [0.15, 0.2) is 5.13 Å². The number of nitrogens with zero attached hydrogens (tertiary/aromatic N) is 2.